The molecule has 16 heavy (non-hydrogen) atoms. The van der Waals surface area contributed by atoms with Crippen LogP contribution in [-0.2, 0) is 9.53 Å². The molecule has 1 saturated heterocycles. The van der Waals surface area contributed by atoms with Crippen molar-refractivity contribution in [3.05, 3.63) is 0 Å². The molecule has 0 aliphatic carbocycles. The average molecular weight is 228 g/mol. The van der Waals surface area contributed by atoms with Gasteiger partial charge in [0.1, 0.15) is 0 Å². The third-order valence-corrected chi connectivity index (χ3v) is 3.35. The Balaban J connectivity index is 2.52. The predicted octanol–water partition coefficient (Wildman–Crippen LogP) is 0.964. The highest BCUT2D eigenvalue weighted by Crippen LogP contribution is 2.14. The van der Waals surface area contributed by atoms with Crippen LogP contribution in [0.3, 0.4) is 0 Å². The van der Waals surface area contributed by atoms with E-state index < -0.39 is 0 Å². The summed E-state index contributed by atoms with van der Waals surface area (Å²) in [5.74, 6) is -0.114. The van der Waals surface area contributed by atoms with Gasteiger partial charge in [-0.05, 0) is 40.4 Å². The molecule has 0 radical (unpaired) electrons. The van der Waals surface area contributed by atoms with E-state index in [1.54, 1.807) is 0 Å². The minimum absolute atomic E-state index is 0.114. The minimum Gasteiger partial charge on any atom is -0.469 e. The molecule has 0 amide bonds. The van der Waals surface area contributed by atoms with Gasteiger partial charge in [-0.25, -0.2) is 0 Å². The quantitative estimate of drug-likeness (QED) is 0.674. The van der Waals surface area contributed by atoms with Crippen molar-refractivity contribution < 1.29 is 9.53 Å². The van der Waals surface area contributed by atoms with Gasteiger partial charge in [-0.1, -0.05) is 0 Å². The zero-order valence-electron chi connectivity index (χ0n) is 10.9. The van der Waals surface area contributed by atoms with Crippen LogP contribution in [0, 0.1) is 0 Å². The molecule has 2 atom stereocenters. The molecule has 4 nitrogen and oxygen atoms in total. The number of esters is 1. The lowest BCUT2D eigenvalue weighted by Crippen LogP contribution is -2.44. The van der Waals surface area contributed by atoms with Gasteiger partial charge in [0.15, 0.2) is 0 Å². The van der Waals surface area contributed by atoms with Gasteiger partial charge in [0, 0.05) is 18.6 Å². The summed E-state index contributed by atoms with van der Waals surface area (Å²) in [6, 6.07) is 0.779. The number of ether oxygens (including phenoxy) is 1. The molecule has 1 rings (SSSR count). The van der Waals surface area contributed by atoms with E-state index in [-0.39, 0.29) is 12.0 Å². The molecule has 1 heterocycles. The van der Waals surface area contributed by atoms with Crippen molar-refractivity contribution in [2.75, 3.05) is 33.8 Å². The van der Waals surface area contributed by atoms with E-state index in [1.165, 1.54) is 13.5 Å². The molecule has 0 N–H and O–H groups in total. The van der Waals surface area contributed by atoms with Crippen LogP contribution in [0.5, 0.6) is 0 Å². The van der Waals surface area contributed by atoms with E-state index in [0.717, 1.165) is 19.6 Å². The summed E-state index contributed by atoms with van der Waals surface area (Å²) >= 11 is 0. The highest BCUT2D eigenvalue weighted by molar-refractivity contribution is 5.69. The van der Waals surface area contributed by atoms with Gasteiger partial charge < -0.3 is 9.64 Å². The summed E-state index contributed by atoms with van der Waals surface area (Å²) in [5, 5.41) is 0. The normalized spacial score (nSPS) is 26.1. The molecule has 4 heteroatoms. The highest BCUT2D eigenvalue weighted by Gasteiger charge is 2.25. The molecule has 0 bridgehead atoms. The minimum atomic E-state index is -0.114. The molecule has 94 valence electrons. The van der Waals surface area contributed by atoms with E-state index in [4.69, 9.17) is 4.74 Å². The summed E-state index contributed by atoms with van der Waals surface area (Å²) < 4.78 is 4.72. The number of nitrogens with zero attached hydrogens (tertiary/aromatic N) is 2. The molecule has 0 aromatic rings. The summed E-state index contributed by atoms with van der Waals surface area (Å²) in [6.07, 6.45) is 1.66. The monoisotopic (exact) mass is 228 g/mol. The average Bonchev–Trinajstić information content (AvgIpc) is 2.38. The molecule has 0 spiro atoms. The first kappa shape index (κ1) is 13.5. The van der Waals surface area contributed by atoms with Crippen LogP contribution in [0.15, 0.2) is 0 Å². The van der Waals surface area contributed by atoms with Crippen LogP contribution in [0.1, 0.15) is 26.7 Å². The van der Waals surface area contributed by atoms with Crippen molar-refractivity contribution in [1.29, 1.82) is 0 Å². The second kappa shape index (κ2) is 6.21. The molecule has 0 saturated carbocycles. The van der Waals surface area contributed by atoms with Crippen molar-refractivity contribution in [1.82, 2.24) is 9.80 Å². The lowest BCUT2D eigenvalue weighted by molar-refractivity contribution is -0.142. The lowest BCUT2D eigenvalue weighted by atomic mass is 10.1. The van der Waals surface area contributed by atoms with Gasteiger partial charge >= 0.3 is 5.97 Å². The number of rotatable bonds is 3. The number of carbonyl (C=O) groups excluding carboxylic acids is 1. The summed E-state index contributed by atoms with van der Waals surface area (Å²) in [6.45, 7) is 7.63. The Bertz CT molecular complexity index is 233. The first-order valence-corrected chi connectivity index (χ1v) is 6.05. The first-order valence-electron chi connectivity index (χ1n) is 6.05. The van der Waals surface area contributed by atoms with Crippen molar-refractivity contribution in [2.45, 2.75) is 38.8 Å². The zero-order chi connectivity index (χ0) is 12.1. The molecule has 1 aliphatic rings. The van der Waals surface area contributed by atoms with Crippen molar-refractivity contribution in [3.63, 3.8) is 0 Å². The van der Waals surface area contributed by atoms with Crippen LogP contribution in [-0.4, -0.2) is 61.6 Å². The molecule has 2 unspecified atom stereocenters. The van der Waals surface area contributed by atoms with E-state index in [0.29, 0.717) is 12.5 Å². The Morgan fingerprint density at radius 1 is 1.50 bits per heavy atom. The van der Waals surface area contributed by atoms with E-state index in [1.807, 2.05) is 0 Å². The van der Waals surface area contributed by atoms with E-state index >= 15 is 0 Å². The smallest absolute Gasteiger partial charge is 0.307 e. The number of hydrogen-bond donors (Lipinski definition) is 0. The van der Waals surface area contributed by atoms with Crippen LogP contribution in [0.25, 0.3) is 0 Å². The standard InChI is InChI=1S/C12H24N2O2/c1-10(8-12(15)16-4)14-7-5-6-13(3)9-11(14)2/h10-11H,5-9H2,1-4H3. The Morgan fingerprint density at radius 2 is 2.19 bits per heavy atom. The fourth-order valence-corrected chi connectivity index (χ4v) is 2.49. The van der Waals surface area contributed by atoms with Crippen molar-refractivity contribution in [2.24, 2.45) is 0 Å². The second-order valence-corrected chi connectivity index (χ2v) is 4.83. The molecule has 1 aliphatic heterocycles. The zero-order valence-corrected chi connectivity index (χ0v) is 10.9. The van der Waals surface area contributed by atoms with Crippen LogP contribution < -0.4 is 0 Å². The largest absolute Gasteiger partial charge is 0.469 e. The Morgan fingerprint density at radius 3 is 2.81 bits per heavy atom. The van der Waals surface area contributed by atoms with E-state index in [2.05, 4.69) is 30.7 Å². The maximum Gasteiger partial charge on any atom is 0.307 e. The highest BCUT2D eigenvalue weighted by atomic mass is 16.5. The maximum atomic E-state index is 11.3. The third-order valence-electron chi connectivity index (χ3n) is 3.35. The fraction of sp³-hybridized carbons (Fsp3) is 0.917. The molecule has 0 aromatic heterocycles. The second-order valence-electron chi connectivity index (χ2n) is 4.83. The SMILES string of the molecule is COC(=O)CC(C)N1CCCN(C)CC1C. The fourth-order valence-electron chi connectivity index (χ4n) is 2.49. The number of methoxy groups -OCH3 is 1. The van der Waals surface area contributed by atoms with Gasteiger partial charge in [0.05, 0.1) is 13.5 Å². The third kappa shape index (κ3) is 3.76. The summed E-state index contributed by atoms with van der Waals surface area (Å²) in [7, 11) is 3.61. The van der Waals surface area contributed by atoms with E-state index in [9.17, 15) is 4.79 Å². The predicted molar refractivity (Wildman–Crippen MR) is 64.4 cm³/mol. The van der Waals surface area contributed by atoms with Gasteiger partial charge in [-0.15, -0.1) is 0 Å². The number of carbonyl (C=O) groups is 1. The summed E-state index contributed by atoms with van der Waals surface area (Å²) in [5.41, 5.74) is 0. The Labute approximate surface area is 98.5 Å². The number of likely N-dealkylation sites (N-methyl/N-ethyl adjacent to an activating group) is 1. The first-order chi connectivity index (χ1) is 7.54. The maximum absolute atomic E-state index is 11.3. The lowest BCUT2D eigenvalue weighted by Gasteiger charge is -2.32. The van der Waals surface area contributed by atoms with Gasteiger partial charge in [0.2, 0.25) is 0 Å². The molecular formula is C12H24N2O2. The van der Waals surface area contributed by atoms with Gasteiger partial charge in [-0.2, -0.15) is 0 Å². The molecule has 1 fully saturated rings. The van der Waals surface area contributed by atoms with Gasteiger partial charge in [-0.3, -0.25) is 9.69 Å². The van der Waals surface area contributed by atoms with Crippen LogP contribution >= 0.6 is 0 Å². The Kier molecular flexibility index (Phi) is 5.22. The van der Waals surface area contributed by atoms with Crippen LogP contribution in [0.4, 0.5) is 0 Å². The van der Waals surface area contributed by atoms with Crippen molar-refractivity contribution >= 4 is 5.97 Å². The van der Waals surface area contributed by atoms with Gasteiger partial charge in [0.25, 0.3) is 0 Å². The van der Waals surface area contributed by atoms with Crippen LogP contribution in [0.2, 0.25) is 0 Å². The van der Waals surface area contributed by atoms with Crippen molar-refractivity contribution in [3.8, 4) is 0 Å². The topological polar surface area (TPSA) is 32.8 Å². The Hall–Kier alpha value is -0.610. The molecular weight excluding hydrogens is 204 g/mol. The number of hydrogen-bond acceptors (Lipinski definition) is 4. The molecule has 0 aromatic carbocycles. The summed E-state index contributed by atoms with van der Waals surface area (Å²) in [4.78, 5) is 16.0.